The number of carbonyl (C=O) groups excluding carboxylic acids is 1. The van der Waals surface area contributed by atoms with E-state index in [4.69, 9.17) is 10.5 Å². The van der Waals surface area contributed by atoms with Gasteiger partial charge in [0, 0.05) is 24.1 Å². The molecule has 4 atom stereocenters. The molecule has 0 radical (unpaired) electrons. The zero-order chi connectivity index (χ0) is 14.3. The maximum absolute atomic E-state index is 12.2. The first-order valence-electron chi connectivity index (χ1n) is 7.36. The molecule has 20 heavy (non-hydrogen) atoms. The van der Waals surface area contributed by atoms with E-state index < -0.39 is 0 Å². The van der Waals surface area contributed by atoms with Crippen molar-refractivity contribution in [2.24, 2.45) is 11.7 Å². The highest BCUT2D eigenvalue weighted by molar-refractivity contribution is 5.94. The molecule has 1 aromatic rings. The van der Waals surface area contributed by atoms with Gasteiger partial charge in [0.05, 0.1) is 12.1 Å². The number of amides is 1. The van der Waals surface area contributed by atoms with Gasteiger partial charge in [-0.1, -0.05) is 26.0 Å². The smallest absolute Gasteiger partial charge is 0.251 e. The fourth-order valence-corrected chi connectivity index (χ4v) is 3.18. The van der Waals surface area contributed by atoms with Gasteiger partial charge >= 0.3 is 0 Å². The van der Waals surface area contributed by atoms with Crippen molar-refractivity contribution in [1.29, 1.82) is 0 Å². The van der Waals surface area contributed by atoms with Gasteiger partial charge in [-0.15, -0.1) is 0 Å². The third kappa shape index (κ3) is 2.23. The van der Waals surface area contributed by atoms with E-state index in [1.807, 2.05) is 24.3 Å². The number of fused-ring (bicyclic) bond motifs is 1. The van der Waals surface area contributed by atoms with E-state index in [-0.39, 0.29) is 24.1 Å². The Balaban J connectivity index is 1.64. The van der Waals surface area contributed by atoms with Gasteiger partial charge in [-0.3, -0.25) is 4.79 Å². The largest absolute Gasteiger partial charge is 0.376 e. The molecule has 2 fully saturated rings. The Bertz CT molecular complexity index is 498. The quantitative estimate of drug-likeness (QED) is 0.881. The summed E-state index contributed by atoms with van der Waals surface area (Å²) in [6.45, 7) is 5.04. The molecule has 3 rings (SSSR count). The topological polar surface area (TPSA) is 64.4 Å². The van der Waals surface area contributed by atoms with Crippen molar-refractivity contribution in [3.05, 3.63) is 35.4 Å². The molecule has 108 valence electrons. The fraction of sp³-hybridized carbons (Fsp3) is 0.562. The monoisotopic (exact) mass is 274 g/mol. The molecule has 4 heteroatoms. The minimum Gasteiger partial charge on any atom is -0.376 e. The first-order chi connectivity index (χ1) is 9.58. The molecule has 0 bridgehead atoms. The number of nitrogens with two attached hydrogens (primary N) is 1. The molecule has 0 spiro atoms. The van der Waals surface area contributed by atoms with Crippen molar-refractivity contribution in [3.63, 3.8) is 0 Å². The molecule has 1 aliphatic heterocycles. The second kappa shape index (κ2) is 5.19. The third-order valence-corrected chi connectivity index (χ3v) is 4.58. The average Bonchev–Trinajstić information content (AvgIpc) is 2.89. The van der Waals surface area contributed by atoms with Gasteiger partial charge in [-0.05, 0) is 30.0 Å². The summed E-state index contributed by atoms with van der Waals surface area (Å²) in [5, 5.41) is 3.01. The highest BCUT2D eigenvalue weighted by Gasteiger charge is 2.52. The van der Waals surface area contributed by atoms with Crippen LogP contribution in [0.4, 0.5) is 0 Å². The first kappa shape index (κ1) is 13.6. The molecule has 1 saturated heterocycles. The molecule has 1 aromatic carbocycles. The van der Waals surface area contributed by atoms with E-state index in [1.165, 1.54) is 5.56 Å². The molecule has 3 N–H and O–H groups in total. The number of benzene rings is 1. The van der Waals surface area contributed by atoms with Crippen LogP contribution in [0.25, 0.3) is 0 Å². The van der Waals surface area contributed by atoms with Gasteiger partial charge in [0.15, 0.2) is 0 Å². The van der Waals surface area contributed by atoms with Crippen LogP contribution in [0.1, 0.15) is 42.1 Å². The standard InChI is InChI=1S/C16H22N2O2/c1-9(2)10-3-5-11(6-4-10)16(19)18-14-13(17)12-7-8-20-15(12)14/h3-6,9,12-15H,7-8,17H2,1-2H3,(H,18,19). The Morgan fingerprint density at radius 2 is 2.05 bits per heavy atom. The van der Waals surface area contributed by atoms with Crippen molar-refractivity contribution in [2.75, 3.05) is 6.61 Å². The second-order valence-electron chi connectivity index (χ2n) is 6.14. The zero-order valence-electron chi connectivity index (χ0n) is 12.0. The Kier molecular flexibility index (Phi) is 3.52. The molecule has 2 aliphatic rings. The van der Waals surface area contributed by atoms with E-state index in [2.05, 4.69) is 19.2 Å². The highest BCUT2D eigenvalue weighted by atomic mass is 16.5. The Morgan fingerprint density at radius 1 is 1.35 bits per heavy atom. The van der Waals surface area contributed by atoms with E-state index in [0.29, 0.717) is 17.4 Å². The Hall–Kier alpha value is -1.39. The summed E-state index contributed by atoms with van der Waals surface area (Å²) in [4.78, 5) is 12.2. The van der Waals surface area contributed by atoms with Crippen LogP contribution in [0.5, 0.6) is 0 Å². The van der Waals surface area contributed by atoms with Crippen molar-refractivity contribution in [3.8, 4) is 0 Å². The van der Waals surface area contributed by atoms with Crippen LogP contribution >= 0.6 is 0 Å². The van der Waals surface area contributed by atoms with Crippen LogP contribution in [0.3, 0.4) is 0 Å². The van der Waals surface area contributed by atoms with Gasteiger partial charge in [-0.25, -0.2) is 0 Å². The predicted octanol–water partition coefficient (Wildman–Crippen LogP) is 1.65. The molecule has 1 saturated carbocycles. The summed E-state index contributed by atoms with van der Waals surface area (Å²) in [6.07, 6.45) is 1.13. The predicted molar refractivity (Wildman–Crippen MR) is 77.6 cm³/mol. The zero-order valence-corrected chi connectivity index (χ0v) is 12.0. The minimum atomic E-state index is -0.0605. The summed E-state index contributed by atoms with van der Waals surface area (Å²) in [5.74, 6) is 0.832. The van der Waals surface area contributed by atoms with E-state index in [0.717, 1.165) is 13.0 Å². The van der Waals surface area contributed by atoms with E-state index in [9.17, 15) is 4.79 Å². The Labute approximate surface area is 119 Å². The lowest BCUT2D eigenvalue weighted by molar-refractivity contribution is -0.0161. The summed E-state index contributed by atoms with van der Waals surface area (Å²) in [5.41, 5.74) is 8.02. The van der Waals surface area contributed by atoms with E-state index in [1.54, 1.807) is 0 Å². The first-order valence-corrected chi connectivity index (χ1v) is 7.36. The number of carbonyl (C=O) groups is 1. The SMILES string of the molecule is CC(C)c1ccc(C(=O)NC2C(N)C3CCOC32)cc1. The summed E-state index contributed by atoms with van der Waals surface area (Å²) in [6, 6.07) is 7.76. The lowest BCUT2D eigenvalue weighted by atomic mass is 9.72. The van der Waals surface area contributed by atoms with Crippen molar-refractivity contribution in [1.82, 2.24) is 5.32 Å². The van der Waals surface area contributed by atoms with Crippen molar-refractivity contribution in [2.45, 2.75) is 44.4 Å². The molecule has 1 amide bonds. The fourth-order valence-electron chi connectivity index (χ4n) is 3.18. The number of hydrogen-bond donors (Lipinski definition) is 2. The van der Waals surface area contributed by atoms with Crippen molar-refractivity contribution < 1.29 is 9.53 Å². The lowest BCUT2D eigenvalue weighted by Crippen LogP contribution is -2.68. The van der Waals surface area contributed by atoms with Gasteiger partial charge in [0.1, 0.15) is 0 Å². The van der Waals surface area contributed by atoms with Crippen LogP contribution in [-0.4, -0.2) is 30.7 Å². The van der Waals surface area contributed by atoms with Crippen LogP contribution in [0, 0.1) is 5.92 Å². The number of rotatable bonds is 3. The Morgan fingerprint density at radius 3 is 2.70 bits per heavy atom. The maximum atomic E-state index is 12.2. The van der Waals surface area contributed by atoms with Gasteiger partial charge in [0.25, 0.3) is 5.91 Å². The molecule has 1 heterocycles. The summed E-state index contributed by atoms with van der Waals surface area (Å²) >= 11 is 0. The normalized spacial score (nSPS) is 31.8. The number of hydrogen-bond acceptors (Lipinski definition) is 3. The van der Waals surface area contributed by atoms with Gasteiger partial charge in [-0.2, -0.15) is 0 Å². The van der Waals surface area contributed by atoms with Gasteiger partial charge < -0.3 is 15.8 Å². The summed E-state index contributed by atoms with van der Waals surface area (Å²) < 4.78 is 5.63. The molecule has 4 nitrogen and oxygen atoms in total. The minimum absolute atomic E-state index is 0.0291. The van der Waals surface area contributed by atoms with Gasteiger partial charge in [0.2, 0.25) is 0 Å². The molecule has 0 aromatic heterocycles. The average molecular weight is 274 g/mol. The molecule has 4 unspecified atom stereocenters. The molecular formula is C16H22N2O2. The lowest BCUT2D eigenvalue weighted by Gasteiger charge is -2.45. The van der Waals surface area contributed by atoms with Crippen LogP contribution in [0.15, 0.2) is 24.3 Å². The van der Waals surface area contributed by atoms with Crippen LogP contribution in [0.2, 0.25) is 0 Å². The van der Waals surface area contributed by atoms with E-state index >= 15 is 0 Å². The third-order valence-electron chi connectivity index (χ3n) is 4.58. The van der Waals surface area contributed by atoms with Crippen LogP contribution < -0.4 is 11.1 Å². The molecule has 1 aliphatic carbocycles. The number of nitrogens with one attached hydrogen (secondary N) is 1. The van der Waals surface area contributed by atoms with Crippen molar-refractivity contribution >= 4 is 5.91 Å². The summed E-state index contributed by atoms with van der Waals surface area (Å²) in [7, 11) is 0. The highest BCUT2D eigenvalue weighted by Crippen LogP contribution is 2.37. The number of ether oxygens (including phenoxy) is 1. The molecular weight excluding hydrogens is 252 g/mol. The maximum Gasteiger partial charge on any atom is 0.251 e. The second-order valence-corrected chi connectivity index (χ2v) is 6.14. The van der Waals surface area contributed by atoms with Crippen LogP contribution in [-0.2, 0) is 4.74 Å².